The SMILES string of the molecule is CSc1ccc(-c2nc3c(CN)cccc3n2C)cc1. The van der Waals surface area contributed by atoms with E-state index in [4.69, 9.17) is 10.7 Å². The molecule has 0 spiro atoms. The molecule has 0 aliphatic heterocycles. The minimum atomic E-state index is 0.513. The molecule has 0 radical (unpaired) electrons. The van der Waals surface area contributed by atoms with Gasteiger partial charge in [-0.05, 0) is 30.0 Å². The molecule has 1 aromatic heterocycles. The van der Waals surface area contributed by atoms with Crippen molar-refractivity contribution >= 4 is 22.8 Å². The van der Waals surface area contributed by atoms with Gasteiger partial charge in [0.1, 0.15) is 5.82 Å². The lowest BCUT2D eigenvalue weighted by Crippen LogP contribution is -1.97. The predicted octanol–water partition coefficient (Wildman–Crippen LogP) is 3.42. The van der Waals surface area contributed by atoms with Crippen LogP contribution in [0.5, 0.6) is 0 Å². The van der Waals surface area contributed by atoms with Gasteiger partial charge in [-0.25, -0.2) is 4.98 Å². The van der Waals surface area contributed by atoms with E-state index < -0.39 is 0 Å². The fraction of sp³-hybridized carbons (Fsp3) is 0.188. The minimum absolute atomic E-state index is 0.513. The standard InChI is InChI=1S/C16H17N3S/c1-19-14-5-3-4-12(10-17)15(14)18-16(19)11-6-8-13(20-2)9-7-11/h3-9H,10,17H2,1-2H3. The topological polar surface area (TPSA) is 43.8 Å². The van der Waals surface area contributed by atoms with Crippen LogP contribution in [-0.4, -0.2) is 15.8 Å². The van der Waals surface area contributed by atoms with Crippen molar-refractivity contribution in [3.05, 3.63) is 48.0 Å². The third-order valence-electron chi connectivity index (χ3n) is 3.56. The van der Waals surface area contributed by atoms with E-state index in [0.717, 1.165) is 28.0 Å². The van der Waals surface area contributed by atoms with Crippen molar-refractivity contribution in [1.29, 1.82) is 0 Å². The number of benzene rings is 2. The first-order chi connectivity index (χ1) is 9.74. The molecule has 3 nitrogen and oxygen atoms in total. The Hall–Kier alpha value is -1.78. The summed E-state index contributed by atoms with van der Waals surface area (Å²) in [6.07, 6.45) is 2.08. The molecule has 0 aliphatic rings. The maximum absolute atomic E-state index is 5.80. The van der Waals surface area contributed by atoms with Crippen LogP contribution in [0.15, 0.2) is 47.4 Å². The Balaban J connectivity index is 2.18. The number of rotatable bonds is 3. The van der Waals surface area contributed by atoms with Gasteiger partial charge in [0.05, 0.1) is 11.0 Å². The Morgan fingerprint density at radius 2 is 1.90 bits per heavy atom. The molecule has 2 N–H and O–H groups in total. The van der Waals surface area contributed by atoms with Crippen molar-refractivity contribution in [3.8, 4) is 11.4 Å². The summed E-state index contributed by atoms with van der Waals surface area (Å²) in [5.41, 5.74) is 10.1. The van der Waals surface area contributed by atoms with Crippen LogP contribution >= 0.6 is 11.8 Å². The summed E-state index contributed by atoms with van der Waals surface area (Å²) in [6.45, 7) is 0.513. The molecule has 0 fully saturated rings. The number of hydrogen-bond acceptors (Lipinski definition) is 3. The first-order valence-corrected chi connectivity index (χ1v) is 7.76. The third kappa shape index (κ3) is 2.11. The molecule has 3 aromatic rings. The van der Waals surface area contributed by atoms with E-state index in [1.54, 1.807) is 11.8 Å². The van der Waals surface area contributed by atoms with Crippen LogP contribution in [0, 0.1) is 0 Å². The molecule has 0 amide bonds. The van der Waals surface area contributed by atoms with Crippen LogP contribution in [0.2, 0.25) is 0 Å². The highest BCUT2D eigenvalue weighted by atomic mass is 32.2. The molecule has 0 aliphatic carbocycles. The molecule has 4 heteroatoms. The van der Waals surface area contributed by atoms with E-state index in [2.05, 4.69) is 41.2 Å². The molecule has 0 saturated heterocycles. The Morgan fingerprint density at radius 1 is 1.15 bits per heavy atom. The number of fused-ring (bicyclic) bond motifs is 1. The van der Waals surface area contributed by atoms with Gasteiger partial charge in [0.15, 0.2) is 0 Å². The first-order valence-electron chi connectivity index (χ1n) is 6.53. The molecule has 20 heavy (non-hydrogen) atoms. The fourth-order valence-electron chi connectivity index (χ4n) is 2.44. The van der Waals surface area contributed by atoms with Gasteiger partial charge in [0, 0.05) is 24.1 Å². The largest absolute Gasteiger partial charge is 0.327 e. The lowest BCUT2D eigenvalue weighted by molar-refractivity contribution is 0.959. The van der Waals surface area contributed by atoms with Gasteiger partial charge in [0.2, 0.25) is 0 Å². The molecule has 0 atom stereocenters. The summed E-state index contributed by atoms with van der Waals surface area (Å²) in [6, 6.07) is 14.7. The number of imidazole rings is 1. The van der Waals surface area contributed by atoms with Crippen LogP contribution in [-0.2, 0) is 13.6 Å². The number of aryl methyl sites for hydroxylation is 1. The second kappa shape index (κ2) is 5.31. The van der Waals surface area contributed by atoms with Crippen molar-refractivity contribution < 1.29 is 0 Å². The highest BCUT2D eigenvalue weighted by molar-refractivity contribution is 7.98. The Bertz CT molecular complexity index is 744. The van der Waals surface area contributed by atoms with Crippen molar-refractivity contribution in [3.63, 3.8) is 0 Å². The van der Waals surface area contributed by atoms with Crippen LogP contribution < -0.4 is 5.73 Å². The zero-order valence-corrected chi connectivity index (χ0v) is 12.4. The highest BCUT2D eigenvalue weighted by Crippen LogP contribution is 2.27. The van der Waals surface area contributed by atoms with Crippen LogP contribution in [0.3, 0.4) is 0 Å². The van der Waals surface area contributed by atoms with Gasteiger partial charge in [-0.15, -0.1) is 11.8 Å². The fourth-order valence-corrected chi connectivity index (χ4v) is 2.84. The van der Waals surface area contributed by atoms with Crippen LogP contribution in [0.25, 0.3) is 22.4 Å². The van der Waals surface area contributed by atoms with Gasteiger partial charge >= 0.3 is 0 Å². The molecule has 0 unspecified atom stereocenters. The Morgan fingerprint density at radius 3 is 2.55 bits per heavy atom. The average molecular weight is 283 g/mol. The Kier molecular flexibility index (Phi) is 3.51. The number of thioether (sulfide) groups is 1. The van der Waals surface area contributed by atoms with Crippen LogP contribution in [0.1, 0.15) is 5.56 Å². The zero-order valence-electron chi connectivity index (χ0n) is 11.6. The lowest BCUT2D eigenvalue weighted by atomic mass is 10.2. The maximum Gasteiger partial charge on any atom is 0.140 e. The van der Waals surface area contributed by atoms with Crippen molar-refractivity contribution in [2.75, 3.05) is 6.26 Å². The number of nitrogens with two attached hydrogens (primary N) is 1. The van der Waals surface area contributed by atoms with Crippen molar-refractivity contribution in [1.82, 2.24) is 9.55 Å². The Labute approximate surface area is 122 Å². The van der Waals surface area contributed by atoms with E-state index in [1.165, 1.54) is 4.90 Å². The summed E-state index contributed by atoms with van der Waals surface area (Å²) in [5.74, 6) is 0.980. The summed E-state index contributed by atoms with van der Waals surface area (Å²) < 4.78 is 2.13. The first kappa shape index (κ1) is 13.2. The molecule has 0 saturated carbocycles. The molecular weight excluding hydrogens is 266 g/mol. The summed E-state index contributed by atoms with van der Waals surface area (Å²) in [4.78, 5) is 6.04. The number of aromatic nitrogens is 2. The molecule has 0 bridgehead atoms. The summed E-state index contributed by atoms with van der Waals surface area (Å²) in [7, 11) is 2.05. The van der Waals surface area contributed by atoms with Gasteiger partial charge in [-0.1, -0.05) is 24.3 Å². The second-order valence-corrected chi connectivity index (χ2v) is 5.59. The third-order valence-corrected chi connectivity index (χ3v) is 4.31. The van der Waals surface area contributed by atoms with E-state index >= 15 is 0 Å². The van der Waals surface area contributed by atoms with Gasteiger partial charge in [-0.3, -0.25) is 0 Å². The minimum Gasteiger partial charge on any atom is -0.327 e. The molecular formula is C16H17N3S. The van der Waals surface area contributed by atoms with E-state index in [9.17, 15) is 0 Å². The van der Waals surface area contributed by atoms with E-state index in [1.807, 2.05) is 19.2 Å². The predicted molar refractivity (Wildman–Crippen MR) is 85.8 cm³/mol. The molecule has 102 valence electrons. The van der Waals surface area contributed by atoms with E-state index in [0.29, 0.717) is 6.54 Å². The zero-order chi connectivity index (χ0) is 14.1. The van der Waals surface area contributed by atoms with Gasteiger partial charge in [0.25, 0.3) is 0 Å². The monoisotopic (exact) mass is 283 g/mol. The van der Waals surface area contributed by atoms with Crippen LogP contribution in [0.4, 0.5) is 0 Å². The highest BCUT2D eigenvalue weighted by Gasteiger charge is 2.11. The quantitative estimate of drug-likeness (QED) is 0.749. The maximum atomic E-state index is 5.80. The number of nitrogens with zero attached hydrogens (tertiary/aromatic N) is 2. The normalized spacial score (nSPS) is 11.2. The number of hydrogen-bond donors (Lipinski definition) is 1. The molecule has 3 rings (SSSR count). The summed E-state index contributed by atoms with van der Waals surface area (Å²) in [5, 5.41) is 0. The number of para-hydroxylation sites is 1. The lowest BCUT2D eigenvalue weighted by Gasteiger charge is -2.03. The average Bonchev–Trinajstić information content (AvgIpc) is 2.85. The van der Waals surface area contributed by atoms with E-state index in [-0.39, 0.29) is 0 Å². The molecule has 2 aromatic carbocycles. The molecule has 1 heterocycles. The van der Waals surface area contributed by atoms with Crippen molar-refractivity contribution in [2.24, 2.45) is 12.8 Å². The summed E-state index contributed by atoms with van der Waals surface area (Å²) >= 11 is 1.74. The second-order valence-electron chi connectivity index (χ2n) is 4.71. The van der Waals surface area contributed by atoms with Crippen molar-refractivity contribution in [2.45, 2.75) is 11.4 Å². The smallest absolute Gasteiger partial charge is 0.140 e. The van der Waals surface area contributed by atoms with Gasteiger partial charge < -0.3 is 10.3 Å². The van der Waals surface area contributed by atoms with Gasteiger partial charge in [-0.2, -0.15) is 0 Å².